The van der Waals surface area contributed by atoms with Gasteiger partial charge in [0.05, 0.1) is 17.5 Å². The number of carbonyl (C=O) groups is 1. The lowest BCUT2D eigenvalue weighted by Gasteiger charge is -2.06. The van der Waals surface area contributed by atoms with Crippen LogP contribution in [0.3, 0.4) is 0 Å². The number of nitrogens with zero attached hydrogens (tertiary/aromatic N) is 3. The van der Waals surface area contributed by atoms with E-state index in [4.69, 9.17) is 5.11 Å². The summed E-state index contributed by atoms with van der Waals surface area (Å²) >= 11 is 0. The van der Waals surface area contributed by atoms with Gasteiger partial charge >= 0.3 is 5.97 Å². The summed E-state index contributed by atoms with van der Waals surface area (Å²) in [6.45, 7) is 0. The van der Waals surface area contributed by atoms with E-state index in [1.165, 1.54) is 0 Å². The molecule has 0 radical (unpaired) electrons. The van der Waals surface area contributed by atoms with E-state index in [1.54, 1.807) is 12.5 Å². The maximum Gasteiger partial charge on any atom is 0.307 e. The molecule has 25 heavy (non-hydrogen) atoms. The van der Waals surface area contributed by atoms with Gasteiger partial charge in [-0.15, -0.1) is 0 Å². The van der Waals surface area contributed by atoms with Gasteiger partial charge in [0.15, 0.2) is 0 Å². The van der Waals surface area contributed by atoms with Crippen molar-refractivity contribution in [2.24, 2.45) is 0 Å². The quantitative estimate of drug-likeness (QED) is 0.620. The van der Waals surface area contributed by atoms with Crippen molar-refractivity contribution in [2.45, 2.75) is 6.42 Å². The second kappa shape index (κ2) is 6.20. The van der Waals surface area contributed by atoms with Gasteiger partial charge < -0.3 is 5.11 Å². The van der Waals surface area contributed by atoms with Crippen molar-refractivity contribution < 1.29 is 9.90 Å². The van der Waals surface area contributed by atoms with Crippen LogP contribution in [-0.4, -0.2) is 25.6 Å². The number of benzene rings is 2. The predicted molar refractivity (Wildman–Crippen MR) is 95.6 cm³/mol. The number of imidazole rings is 1. The van der Waals surface area contributed by atoms with Gasteiger partial charge in [0.2, 0.25) is 0 Å². The Morgan fingerprint density at radius 2 is 1.88 bits per heavy atom. The number of fused-ring (bicyclic) bond motifs is 1. The highest BCUT2D eigenvalue weighted by Crippen LogP contribution is 2.25. The molecule has 2 aromatic heterocycles. The molecule has 0 unspecified atom stereocenters. The molecule has 0 spiro atoms. The lowest BCUT2D eigenvalue weighted by molar-refractivity contribution is -0.136. The topological polar surface area (TPSA) is 68.0 Å². The Kier molecular flexibility index (Phi) is 3.74. The zero-order valence-electron chi connectivity index (χ0n) is 13.3. The summed E-state index contributed by atoms with van der Waals surface area (Å²) in [6.07, 6.45) is 5.40. The van der Waals surface area contributed by atoms with Gasteiger partial charge in [-0.25, -0.2) is 4.98 Å². The monoisotopic (exact) mass is 329 g/mol. The highest BCUT2D eigenvalue weighted by molar-refractivity contribution is 5.83. The van der Waals surface area contributed by atoms with E-state index in [9.17, 15) is 4.79 Å². The van der Waals surface area contributed by atoms with Crippen LogP contribution in [0.2, 0.25) is 0 Å². The van der Waals surface area contributed by atoms with Crippen molar-refractivity contribution in [1.29, 1.82) is 0 Å². The number of hydrogen-bond donors (Lipinski definition) is 1. The molecule has 122 valence electrons. The third-order valence-electron chi connectivity index (χ3n) is 4.11. The van der Waals surface area contributed by atoms with Crippen molar-refractivity contribution >= 4 is 17.0 Å². The summed E-state index contributed by atoms with van der Waals surface area (Å²) in [5.41, 5.74) is 5.75. The number of rotatable bonds is 4. The van der Waals surface area contributed by atoms with Crippen LogP contribution in [0.25, 0.3) is 27.8 Å². The smallest absolute Gasteiger partial charge is 0.307 e. The van der Waals surface area contributed by atoms with E-state index in [2.05, 4.69) is 16.0 Å². The summed E-state index contributed by atoms with van der Waals surface area (Å²) in [5.74, 6) is -0.830. The fourth-order valence-corrected chi connectivity index (χ4v) is 2.88. The molecule has 0 aliphatic rings. The Morgan fingerprint density at radius 3 is 2.60 bits per heavy atom. The maximum absolute atomic E-state index is 10.8. The Morgan fingerprint density at radius 1 is 1.04 bits per heavy atom. The molecule has 0 saturated heterocycles. The van der Waals surface area contributed by atoms with Crippen molar-refractivity contribution in [1.82, 2.24) is 14.5 Å². The Hall–Kier alpha value is -3.47. The average molecular weight is 329 g/mol. The Labute approximate surface area is 144 Å². The molecule has 0 saturated carbocycles. The molecule has 1 N–H and O–H groups in total. The fourth-order valence-electron chi connectivity index (χ4n) is 2.88. The van der Waals surface area contributed by atoms with Gasteiger partial charge in [0.1, 0.15) is 6.33 Å². The number of hydrogen-bond acceptors (Lipinski definition) is 3. The van der Waals surface area contributed by atoms with Crippen molar-refractivity contribution in [2.75, 3.05) is 0 Å². The third-order valence-corrected chi connectivity index (χ3v) is 4.11. The fraction of sp³-hybridized carbons (Fsp3) is 0.0500. The second-order valence-corrected chi connectivity index (χ2v) is 5.80. The first-order valence-electron chi connectivity index (χ1n) is 7.89. The summed E-state index contributed by atoms with van der Waals surface area (Å²) < 4.78 is 1.99. The lowest BCUT2D eigenvalue weighted by atomic mass is 10.1. The summed E-state index contributed by atoms with van der Waals surface area (Å²) in [5, 5.41) is 8.86. The van der Waals surface area contributed by atoms with E-state index in [1.807, 2.05) is 59.3 Å². The molecule has 2 aromatic carbocycles. The van der Waals surface area contributed by atoms with Crippen LogP contribution in [0.5, 0.6) is 0 Å². The Bertz CT molecular complexity index is 1040. The van der Waals surface area contributed by atoms with Crippen LogP contribution in [0.1, 0.15) is 5.56 Å². The molecule has 5 heteroatoms. The van der Waals surface area contributed by atoms with Crippen molar-refractivity contribution in [3.05, 3.63) is 78.9 Å². The Balaban J connectivity index is 1.70. The van der Waals surface area contributed by atoms with Gasteiger partial charge in [-0.2, -0.15) is 0 Å². The minimum atomic E-state index is -0.830. The molecule has 0 aliphatic carbocycles. The molecular weight excluding hydrogens is 314 g/mol. The number of carboxylic acid groups (broad SMARTS) is 1. The molecule has 0 amide bonds. The molecule has 0 bridgehead atoms. The van der Waals surface area contributed by atoms with E-state index in [0.29, 0.717) is 0 Å². The van der Waals surface area contributed by atoms with Crippen LogP contribution in [0.4, 0.5) is 0 Å². The van der Waals surface area contributed by atoms with E-state index in [0.717, 1.165) is 33.4 Å². The number of carboxylic acids is 1. The zero-order chi connectivity index (χ0) is 17.2. The van der Waals surface area contributed by atoms with Gasteiger partial charge in [-0.3, -0.25) is 14.3 Å². The van der Waals surface area contributed by atoms with Crippen LogP contribution in [0, 0.1) is 0 Å². The van der Waals surface area contributed by atoms with Gasteiger partial charge in [-0.1, -0.05) is 24.3 Å². The highest BCUT2D eigenvalue weighted by atomic mass is 16.4. The standard InChI is InChI=1S/C20H15N3O2/c24-20(25)10-14-3-6-17(7-4-14)23-13-22-18-11-15(5-8-19(18)23)16-2-1-9-21-12-16/h1-9,11-13H,10H2,(H,24,25). The molecule has 0 atom stereocenters. The minimum Gasteiger partial charge on any atom is -0.481 e. The van der Waals surface area contributed by atoms with Crippen molar-refractivity contribution in [3.63, 3.8) is 0 Å². The molecule has 5 nitrogen and oxygen atoms in total. The van der Waals surface area contributed by atoms with E-state index < -0.39 is 5.97 Å². The van der Waals surface area contributed by atoms with Crippen molar-refractivity contribution in [3.8, 4) is 16.8 Å². The highest BCUT2D eigenvalue weighted by Gasteiger charge is 2.07. The van der Waals surface area contributed by atoms with Crippen LogP contribution >= 0.6 is 0 Å². The second-order valence-electron chi connectivity index (χ2n) is 5.80. The molecule has 4 aromatic rings. The van der Waals surface area contributed by atoms with Crippen LogP contribution in [-0.2, 0) is 11.2 Å². The normalized spacial score (nSPS) is 10.9. The van der Waals surface area contributed by atoms with E-state index in [-0.39, 0.29) is 6.42 Å². The maximum atomic E-state index is 10.8. The van der Waals surface area contributed by atoms with Gasteiger partial charge in [0, 0.05) is 23.6 Å². The summed E-state index contributed by atoms with van der Waals surface area (Å²) in [7, 11) is 0. The van der Waals surface area contributed by atoms with Crippen LogP contribution in [0.15, 0.2) is 73.3 Å². The van der Waals surface area contributed by atoms with Gasteiger partial charge in [0.25, 0.3) is 0 Å². The first-order valence-corrected chi connectivity index (χ1v) is 7.89. The molecule has 4 rings (SSSR count). The average Bonchev–Trinajstić information content (AvgIpc) is 3.06. The largest absolute Gasteiger partial charge is 0.481 e. The molecular formula is C20H15N3O2. The first-order chi connectivity index (χ1) is 12.2. The molecule has 2 heterocycles. The van der Waals surface area contributed by atoms with Crippen LogP contribution < -0.4 is 0 Å². The number of pyridine rings is 1. The first kappa shape index (κ1) is 15.1. The SMILES string of the molecule is O=C(O)Cc1ccc(-n2cnc3cc(-c4cccnc4)ccc32)cc1. The van der Waals surface area contributed by atoms with E-state index >= 15 is 0 Å². The molecule has 0 fully saturated rings. The lowest BCUT2D eigenvalue weighted by Crippen LogP contribution is -2.00. The minimum absolute atomic E-state index is 0.0272. The number of aliphatic carboxylic acids is 1. The molecule has 0 aliphatic heterocycles. The summed E-state index contributed by atoms with van der Waals surface area (Å²) in [4.78, 5) is 19.4. The van der Waals surface area contributed by atoms with Gasteiger partial charge in [-0.05, 0) is 41.5 Å². The predicted octanol–water partition coefficient (Wildman–Crippen LogP) is 3.71. The third kappa shape index (κ3) is 2.99. The zero-order valence-corrected chi connectivity index (χ0v) is 13.3. The summed E-state index contributed by atoms with van der Waals surface area (Å²) in [6, 6.07) is 17.6. The number of aromatic nitrogens is 3.